The number of methoxy groups -OCH3 is 1. The van der Waals surface area contributed by atoms with Crippen molar-refractivity contribution in [1.82, 2.24) is 0 Å². The maximum Gasteiger partial charge on any atom is 0.338 e. The zero-order valence-corrected chi connectivity index (χ0v) is 8.70. The first-order valence-corrected chi connectivity index (χ1v) is 4.46. The number of hydrogen-bond acceptors (Lipinski definition) is 4. The second-order valence-electron chi connectivity index (χ2n) is 3.08. The van der Waals surface area contributed by atoms with E-state index in [9.17, 15) is 4.79 Å². The summed E-state index contributed by atoms with van der Waals surface area (Å²) >= 11 is 0. The van der Waals surface area contributed by atoms with Crippen molar-refractivity contribution in [2.45, 2.75) is 13.5 Å². The smallest absolute Gasteiger partial charge is 0.338 e. The van der Waals surface area contributed by atoms with Gasteiger partial charge in [-0.3, -0.25) is 0 Å². The fraction of sp³-hybridized carbons (Fsp3) is 0.273. The minimum atomic E-state index is -0.437. The predicted octanol–water partition coefficient (Wildman–Crippen LogP) is 1.11. The molecule has 0 aliphatic carbocycles. The molecule has 0 unspecified atom stereocenters. The van der Waals surface area contributed by atoms with Gasteiger partial charge >= 0.3 is 5.97 Å². The van der Waals surface area contributed by atoms with Crippen LogP contribution in [-0.4, -0.2) is 13.1 Å². The zero-order valence-electron chi connectivity index (χ0n) is 8.70. The third-order valence-electron chi connectivity index (χ3n) is 2.29. The molecule has 0 heterocycles. The summed E-state index contributed by atoms with van der Waals surface area (Å²) in [6.07, 6.45) is 0. The number of rotatable bonds is 2. The highest BCUT2D eigenvalue weighted by Gasteiger charge is 2.14. The van der Waals surface area contributed by atoms with Gasteiger partial charge in [0.2, 0.25) is 0 Å². The number of carbonyl (C=O) groups excluding carboxylic acids is 1. The van der Waals surface area contributed by atoms with Gasteiger partial charge in [-0.1, -0.05) is 6.07 Å². The average molecular weight is 204 g/mol. The third kappa shape index (κ3) is 1.97. The Balaban J connectivity index is 3.37. The van der Waals surface area contributed by atoms with Crippen molar-refractivity contribution in [3.63, 3.8) is 0 Å². The summed E-state index contributed by atoms with van der Waals surface area (Å²) in [6, 6.07) is 5.35. The van der Waals surface area contributed by atoms with Gasteiger partial charge in [0, 0.05) is 6.54 Å². The van der Waals surface area contributed by atoms with Gasteiger partial charge in [0.25, 0.3) is 0 Å². The second-order valence-corrected chi connectivity index (χ2v) is 3.08. The monoisotopic (exact) mass is 204 g/mol. The zero-order chi connectivity index (χ0) is 11.4. The molecule has 1 rings (SSSR count). The summed E-state index contributed by atoms with van der Waals surface area (Å²) in [5.41, 5.74) is 7.71. The maximum atomic E-state index is 11.3. The van der Waals surface area contributed by atoms with Crippen LogP contribution in [0.5, 0.6) is 0 Å². The molecule has 4 heteroatoms. The van der Waals surface area contributed by atoms with Crippen LogP contribution in [-0.2, 0) is 11.3 Å². The van der Waals surface area contributed by atoms with Crippen LogP contribution >= 0.6 is 0 Å². The van der Waals surface area contributed by atoms with E-state index >= 15 is 0 Å². The number of benzene rings is 1. The Labute approximate surface area is 88.3 Å². The molecule has 0 fully saturated rings. The number of nitrogens with two attached hydrogens (primary N) is 1. The second kappa shape index (κ2) is 4.58. The quantitative estimate of drug-likeness (QED) is 0.732. The molecule has 0 amide bonds. The van der Waals surface area contributed by atoms with Crippen molar-refractivity contribution >= 4 is 5.97 Å². The van der Waals surface area contributed by atoms with Crippen LogP contribution in [0.15, 0.2) is 12.1 Å². The van der Waals surface area contributed by atoms with E-state index in [0.717, 1.165) is 5.56 Å². The lowest BCUT2D eigenvalue weighted by molar-refractivity contribution is 0.0600. The molecule has 4 nitrogen and oxygen atoms in total. The van der Waals surface area contributed by atoms with Crippen molar-refractivity contribution in [2.24, 2.45) is 5.73 Å². The van der Waals surface area contributed by atoms with Crippen LogP contribution in [0.25, 0.3) is 0 Å². The molecule has 0 aromatic heterocycles. The Bertz CT molecular complexity index is 433. The number of ether oxygens (including phenoxy) is 1. The molecule has 0 aliphatic heterocycles. The van der Waals surface area contributed by atoms with E-state index < -0.39 is 5.97 Å². The first-order valence-electron chi connectivity index (χ1n) is 4.46. The van der Waals surface area contributed by atoms with Crippen molar-refractivity contribution in [2.75, 3.05) is 7.11 Å². The largest absolute Gasteiger partial charge is 0.465 e. The van der Waals surface area contributed by atoms with Gasteiger partial charge in [0.1, 0.15) is 0 Å². The van der Waals surface area contributed by atoms with Crippen LogP contribution in [0.2, 0.25) is 0 Å². The van der Waals surface area contributed by atoms with Crippen molar-refractivity contribution < 1.29 is 9.53 Å². The summed E-state index contributed by atoms with van der Waals surface area (Å²) in [4.78, 5) is 11.3. The summed E-state index contributed by atoms with van der Waals surface area (Å²) in [5.74, 6) is -0.437. The van der Waals surface area contributed by atoms with E-state index in [1.54, 1.807) is 19.1 Å². The van der Waals surface area contributed by atoms with E-state index in [1.165, 1.54) is 7.11 Å². The Morgan fingerprint density at radius 1 is 1.60 bits per heavy atom. The molecule has 0 atom stereocenters. The molecule has 2 N–H and O–H groups in total. The summed E-state index contributed by atoms with van der Waals surface area (Å²) in [5, 5.41) is 8.95. The van der Waals surface area contributed by atoms with E-state index in [0.29, 0.717) is 16.7 Å². The van der Waals surface area contributed by atoms with Crippen LogP contribution in [0.3, 0.4) is 0 Å². The van der Waals surface area contributed by atoms with Gasteiger partial charge in [-0.05, 0) is 24.1 Å². The van der Waals surface area contributed by atoms with Gasteiger partial charge in [-0.25, -0.2) is 4.79 Å². The van der Waals surface area contributed by atoms with Crippen molar-refractivity contribution in [1.29, 1.82) is 5.26 Å². The molecule has 15 heavy (non-hydrogen) atoms. The molecular weight excluding hydrogens is 192 g/mol. The highest BCUT2D eigenvalue weighted by atomic mass is 16.5. The van der Waals surface area contributed by atoms with E-state index in [4.69, 9.17) is 11.0 Å². The van der Waals surface area contributed by atoms with Crippen LogP contribution in [0, 0.1) is 18.3 Å². The summed E-state index contributed by atoms with van der Waals surface area (Å²) < 4.78 is 4.61. The maximum absolute atomic E-state index is 11.3. The number of carbonyl (C=O) groups is 1. The first kappa shape index (κ1) is 11.2. The molecule has 0 spiro atoms. The predicted molar refractivity (Wildman–Crippen MR) is 55.1 cm³/mol. The van der Waals surface area contributed by atoms with E-state index in [2.05, 4.69) is 4.74 Å². The number of nitriles is 1. The minimum Gasteiger partial charge on any atom is -0.465 e. The third-order valence-corrected chi connectivity index (χ3v) is 2.29. The molecule has 0 bridgehead atoms. The molecule has 78 valence electrons. The topological polar surface area (TPSA) is 76.1 Å². The van der Waals surface area contributed by atoms with Crippen LogP contribution in [0.1, 0.15) is 27.0 Å². The Kier molecular flexibility index (Phi) is 3.42. The summed E-state index contributed by atoms with van der Waals surface area (Å²) in [6.45, 7) is 2.00. The Morgan fingerprint density at radius 2 is 2.27 bits per heavy atom. The number of nitrogens with zero attached hydrogens (tertiary/aromatic N) is 1. The molecule has 0 radical (unpaired) electrons. The van der Waals surface area contributed by atoms with Crippen LogP contribution in [0.4, 0.5) is 0 Å². The number of hydrogen-bond donors (Lipinski definition) is 1. The van der Waals surface area contributed by atoms with Gasteiger partial charge < -0.3 is 10.5 Å². The fourth-order valence-electron chi connectivity index (χ4n) is 1.42. The first-order chi connectivity index (χ1) is 7.15. The highest BCUT2D eigenvalue weighted by molar-refractivity contribution is 5.91. The SMILES string of the molecule is COC(=O)c1ccc(CN)c(C#N)c1C. The van der Waals surface area contributed by atoms with Gasteiger partial charge in [0.05, 0.1) is 24.3 Å². The molecule has 0 saturated heterocycles. The Morgan fingerprint density at radius 3 is 2.73 bits per heavy atom. The van der Waals surface area contributed by atoms with Crippen LogP contribution < -0.4 is 5.73 Å². The molecule has 1 aromatic carbocycles. The van der Waals surface area contributed by atoms with Gasteiger partial charge in [-0.2, -0.15) is 5.26 Å². The highest BCUT2D eigenvalue weighted by Crippen LogP contribution is 2.18. The molecule has 0 aliphatic rings. The van der Waals surface area contributed by atoms with E-state index in [-0.39, 0.29) is 6.54 Å². The molecule has 0 saturated carbocycles. The lowest BCUT2D eigenvalue weighted by Crippen LogP contribution is -2.08. The van der Waals surface area contributed by atoms with E-state index in [1.807, 2.05) is 6.07 Å². The number of esters is 1. The van der Waals surface area contributed by atoms with Gasteiger partial charge in [-0.15, -0.1) is 0 Å². The lowest BCUT2D eigenvalue weighted by atomic mass is 9.98. The van der Waals surface area contributed by atoms with Crippen molar-refractivity contribution in [3.8, 4) is 6.07 Å². The van der Waals surface area contributed by atoms with Crippen molar-refractivity contribution in [3.05, 3.63) is 34.4 Å². The summed E-state index contributed by atoms with van der Waals surface area (Å²) in [7, 11) is 1.31. The average Bonchev–Trinajstić information content (AvgIpc) is 2.27. The molecular formula is C11H12N2O2. The van der Waals surface area contributed by atoms with Gasteiger partial charge in [0.15, 0.2) is 0 Å². The fourth-order valence-corrected chi connectivity index (χ4v) is 1.42. The normalized spacial score (nSPS) is 9.47. The molecule has 1 aromatic rings. The Hall–Kier alpha value is -1.86. The lowest BCUT2D eigenvalue weighted by Gasteiger charge is -2.08. The minimum absolute atomic E-state index is 0.283. The standard InChI is InChI=1S/C11H12N2O2/c1-7-9(11(14)15-2)4-3-8(5-12)10(7)6-13/h3-4H,5,12H2,1-2H3.